The molecule has 160 valence electrons. The lowest BCUT2D eigenvalue weighted by Crippen LogP contribution is -2.34. The summed E-state index contributed by atoms with van der Waals surface area (Å²) in [6.07, 6.45) is 11.4. The molecule has 2 aromatic carbocycles. The predicted octanol–water partition coefficient (Wildman–Crippen LogP) is 5.57. The number of amides is 1. The minimum absolute atomic E-state index is 0.159. The van der Waals surface area contributed by atoms with Crippen LogP contribution in [0.4, 0.5) is 5.69 Å². The Balaban J connectivity index is 1.66. The van der Waals surface area contributed by atoms with E-state index in [-0.39, 0.29) is 24.4 Å². The number of hydrogen-bond donors (Lipinski definition) is 1. The van der Waals surface area contributed by atoms with Crippen LogP contribution in [0.3, 0.4) is 0 Å². The van der Waals surface area contributed by atoms with Gasteiger partial charge in [-0.1, -0.05) is 71.8 Å². The first-order valence-corrected chi connectivity index (χ1v) is 10.8. The standard InChI is InChI=1S/C25H18Cl2N2O3/c26-19-8-5-9-20(27)24(19)29-22-11-4-2-7-17(22)18(25(29)32)12-15-13-28(14-23(30)31)21-10-3-1-6-16(15)21/h1-13,17,22H,14H2,(H,30,31)/b18-12-. The van der Waals surface area contributed by atoms with E-state index in [9.17, 15) is 14.7 Å². The van der Waals surface area contributed by atoms with E-state index in [0.29, 0.717) is 21.3 Å². The summed E-state index contributed by atoms with van der Waals surface area (Å²) in [6, 6.07) is 12.5. The van der Waals surface area contributed by atoms with Gasteiger partial charge >= 0.3 is 5.97 Å². The summed E-state index contributed by atoms with van der Waals surface area (Å²) >= 11 is 12.9. The van der Waals surface area contributed by atoms with Crippen molar-refractivity contribution in [2.75, 3.05) is 4.90 Å². The van der Waals surface area contributed by atoms with Gasteiger partial charge in [-0.15, -0.1) is 0 Å². The Kier molecular flexibility index (Phi) is 5.16. The molecule has 2 atom stereocenters. The molecule has 3 aromatic rings. The zero-order valence-corrected chi connectivity index (χ0v) is 18.3. The number of carboxylic acids is 1. The van der Waals surface area contributed by atoms with Crippen LogP contribution in [-0.2, 0) is 16.1 Å². The molecule has 0 saturated carbocycles. The quantitative estimate of drug-likeness (QED) is 0.513. The van der Waals surface area contributed by atoms with E-state index in [1.165, 1.54) is 0 Å². The normalized spacial score (nSPS) is 21.0. The highest BCUT2D eigenvalue weighted by atomic mass is 35.5. The van der Waals surface area contributed by atoms with Crippen LogP contribution in [0, 0.1) is 5.92 Å². The molecular formula is C25H18Cl2N2O3. The van der Waals surface area contributed by atoms with Gasteiger partial charge in [-0.2, -0.15) is 0 Å². The Morgan fingerprint density at radius 3 is 2.50 bits per heavy atom. The van der Waals surface area contributed by atoms with Crippen molar-refractivity contribution in [2.24, 2.45) is 5.92 Å². The number of anilines is 1. The van der Waals surface area contributed by atoms with Crippen LogP contribution in [0.2, 0.25) is 10.0 Å². The summed E-state index contributed by atoms with van der Waals surface area (Å²) in [5.74, 6) is -1.29. The molecule has 2 heterocycles. The van der Waals surface area contributed by atoms with Gasteiger partial charge in [0.25, 0.3) is 5.91 Å². The van der Waals surface area contributed by atoms with E-state index in [1.807, 2.05) is 54.6 Å². The molecule has 1 aromatic heterocycles. The Morgan fingerprint density at radius 1 is 1.03 bits per heavy atom. The second-order valence-electron chi connectivity index (χ2n) is 7.75. The lowest BCUT2D eigenvalue weighted by molar-refractivity contribution is -0.137. The second-order valence-corrected chi connectivity index (χ2v) is 8.57. The molecule has 5 nitrogen and oxygen atoms in total. The summed E-state index contributed by atoms with van der Waals surface area (Å²) in [5.41, 5.74) is 2.69. The van der Waals surface area contributed by atoms with Crippen LogP contribution in [0.1, 0.15) is 5.56 Å². The third-order valence-electron chi connectivity index (χ3n) is 5.84. The van der Waals surface area contributed by atoms with Gasteiger partial charge in [0.15, 0.2) is 0 Å². The first-order chi connectivity index (χ1) is 15.5. The number of benzene rings is 2. The van der Waals surface area contributed by atoms with Crippen LogP contribution in [-0.4, -0.2) is 27.6 Å². The van der Waals surface area contributed by atoms with E-state index in [2.05, 4.69) is 0 Å². The van der Waals surface area contributed by atoms with Crippen molar-refractivity contribution in [1.29, 1.82) is 0 Å². The highest BCUT2D eigenvalue weighted by molar-refractivity contribution is 6.40. The number of allylic oxidation sites excluding steroid dienone is 2. The fourth-order valence-electron chi connectivity index (χ4n) is 4.51. The third-order valence-corrected chi connectivity index (χ3v) is 6.45. The van der Waals surface area contributed by atoms with E-state index in [1.54, 1.807) is 33.9 Å². The van der Waals surface area contributed by atoms with Crippen molar-refractivity contribution in [2.45, 2.75) is 12.6 Å². The highest BCUT2D eigenvalue weighted by Crippen LogP contribution is 2.44. The minimum Gasteiger partial charge on any atom is -0.480 e. The molecule has 1 N–H and O–H groups in total. The SMILES string of the molecule is O=C(O)Cn1cc(/C=C2\C(=O)N(c3c(Cl)cccc3Cl)C3C=CC=CC23)c2ccccc21. The van der Waals surface area contributed by atoms with Crippen LogP contribution >= 0.6 is 23.2 Å². The Morgan fingerprint density at radius 2 is 1.75 bits per heavy atom. The monoisotopic (exact) mass is 464 g/mol. The van der Waals surface area contributed by atoms with Gasteiger partial charge < -0.3 is 9.67 Å². The molecule has 1 aliphatic carbocycles. The lowest BCUT2D eigenvalue weighted by atomic mass is 9.90. The first kappa shape index (κ1) is 20.6. The van der Waals surface area contributed by atoms with Gasteiger partial charge in [0.1, 0.15) is 6.54 Å². The third kappa shape index (κ3) is 3.34. The van der Waals surface area contributed by atoms with Crippen LogP contribution in [0.5, 0.6) is 0 Å². The van der Waals surface area contributed by atoms with Gasteiger partial charge in [0.05, 0.1) is 21.8 Å². The molecule has 0 bridgehead atoms. The second kappa shape index (κ2) is 8.01. The molecule has 1 fully saturated rings. The topological polar surface area (TPSA) is 62.5 Å². The summed E-state index contributed by atoms with van der Waals surface area (Å²) in [6.45, 7) is -0.159. The maximum absolute atomic E-state index is 13.7. The molecule has 0 radical (unpaired) electrons. The molecule has 5 rings (SSSR count). The highest BCUT2D eigenvalue weighted by Gasteiger charge is 2.44. The number of fused-ring (bicyclic) bond motifs is 2. The van der Waals surface area contributed by atoms with Crippen LogP contribution in [0.25, 0.3) is 17.0 Å². The first-order valence-electron chi connectivity index (χ1n) is 10.1. The number of halogens is 2. The molecule has 1 saturated heterocycles. The Hall–Kier alpha value is -3.28. The van der Waals surface area contributed by atoms with Crippen LogP contribution < -0.4 is 4.90 Å². The molecule has 2 unspecified atom stereocenters. The number of rotatable bonds is 4. The van der Waals surface area contributed by atoms with Crippen molar-refractivity contribution >= 4 is 57.7 Å². The van der Waals surface area contributed by atoms with Crippen molar-refractivity contribution in [3.8, 4) is 0 Å². The van der Waals surface area contributed by atoms with Crippen molar-refractivity contribution in [3.63, 3.8) is 0 Å². The molecular weight excluding hydrogens is 447 g/mol. The average Bonchev–Trinajstić information content (AvgIpc) is 3.24. The molecule has 7 heteroatoms. The van der Waals surface area contributed by atoms with Gasteiger partial charge in [-0.25, -0.2) is 0 Å². The average molecular weight is 465 g/mol. The van der Waals surface area contributed by atoms with E-state index < -0.39 is 5.97 Å². The Labute approximate surface area is 194 Å². The van der Waals surface area contributed by atoms with E-state index in [0.717, 1.165) is 16.5 Å². The van der Waals surface area contributed by atoms with Crippen molar-refractivity contribution in [3.05, 3.63) is 94.1 Å². The lowest BCUT2D eigenvalue weighted by Gasteiger charge is -2.27. The number of carbonyl (C=O) groups excluding carboxylic acids is 1. The summed E-state index contributed by atoms with van der Waals surface area (Å²) in [4.78, 5) is 26.7. The van der Waals surface area contributed by atoms with Gasteiger partial charge in [0, 0.05) is 34.2 Å². The van der Waals surface area contributed by atoms with Crippen molar-refractivity contribution < 1.29 is 14.7 Å². The summed E-state index contributed by atoms with van der Waals surface area (Å²) < 4.78 is 1.68. The molecule has 1 amide bonds. The van der Waals surface area contributed by atoms with Gasteiger partial charge in [-0.05, 0) is 24.3 Å². The predicted molar refractivity (Wildman–Crippen MR) is 127 cm³/mol. The molecule has 32 heavy (non-hydrogen) atoms. The maximum atomic E-state index is 13.7. The molecule has 2 aliphatic rings. The van der Waals surface area contributed by atoms with E-state index >= 15 is 0 Å². The molecule has 1 aliphatic heterocycles. The molecule has 0 spiro atoms. The van der Waals surface area contributed by atoms with Gasteiger partial charge in [-0.3, -0.25) is 14.5 Å². The van der Waals surface area contributed by atoms with Gasteiger partial charge in [0.2, 0.25) is 0 Å². The fraction of sp³-hybridized carbons (Fsp3) is 0.120. The number of para-hydroxylation sites is 2. The maximum Gasteiger partial charge on any atom is 0.323 e. The Bertz CT molecular complexity index is 1330. The zero-order chi connectivity index (χ0) is 22.4. The number of aromatic nitrogens is 1. The van der Waals surface area contributed by atoms with Crippen LogP contribution in [0.15, 0.2) is 78.5 Å². The number of nitrogens with zero attached hydrogens (tertiary/aromatic N) is 2. The summed E-state index contributed by atoms with van der Waals surface area (Å²) in [7, 11) is 0. The smallest absolute Gasteiger partial charge is 0.323 e. The number of carboxylic acid groups (broad SMARTS) is 1. The zero-order valence-electron chi connectivity index (χ0n) is 16.8. The fourth-order valence-corrected chi connectivity index (χ4v) is 5.09. The number of carbonyl (C=O) groups is 2. The number of hydrogen-bond acceptors (Lipinski definition) is 2. The van der Waals surface area contributed by atoms with E-state index in [4.69, 9.17) is 23.2 Å². The minimum atomic E-state index is -0.929. The summed E-state index contributed by atoms with van der Waals surface area (Å²) in [5, 5.41) is 11.0. The largest absolute Gasteiger partial charge is 0.480 e. The number of aliphatic carboxylic acids is 1. The van der Waals surface area contributed by atoms with Crippen molar-refractivity contribution in [1.82, 2.24) is 4.57 Å².